The van der Waals surface area contributed by atoms with Gasteiger partial charge in [0, 0.05) is 24.7 Å². The Balaban J connectivity index is 2.70. The predicted molar refractivity (Wildman–Crippen MR) is 84.3 cm³/mol. The lowest BCUT2D eigenvalue weighted by Crippen LogP contribution is -2.54. The van der Waals surface area contributed by atoms with Crippen LogP contribution < -0.4 is 16.4 Å². The molecule has 2 amide bonds. The number of nitrogens with two attached hydrogens (primary N) is 1. The Bertz CT molecular complexity index is 617. The highest BCUT2D eigenvalue weighted by Crippen LogP contribution is 2.02. The number of H-pyrrole nitrogens is 1. The number of nitrogens with zero attached hydrogens (tertiary/aromatic N) is 1. The lowest BCUT2D eigenvalue weighted by molar-refractivity contribution is -0.142. The average Bonchev–Trinajstić information content (AvgIpc) is 3.03. The van der Waals surface area contributed by atoms with E-state index in [-0.39, 0.29) is 19.3 Å². The van der Waals surface area contributed by atoms with Crippen LogP contribution in [0.5, 0.6) is 0 Å². The molecule has 1 heterocycles. The summed E-state index contributed by atoms with van der Waals surface area (Å²) in [6, 6.07) is -3.38. The third kappa shape index (κ3) is 6.99. The van der Waals surface area contributed by atoms with Gasteiger partial charge in [0.1, 0.15) is 12.1 Å². The molecule has 1 rings (SSSR count). The van der Waals surface area contributed by atoms with Gasteiger partial charge in [-0.15, -0.1) is 0 Å². The van der Waals surface area contributed by atoms with Crippen molar-refractivity contribution in [1.82, 2.24) is 20.6 Å². The van der Waals surface area contributed by atoms with E-state index in [4.69, 9.17) is 15.9 Å². The van der Waals surface area contributed by atoms with Gasteiger partial charge in [0.15, 0.2) is 0 Å². The number of hydrogen-bond acceptors (Lipinski definition) is 6. The van der Waals surface area contributed by atoms with Gasteiger partial charge in [0.2, 0.25) is 11.8 Å². The lowest BCUT2D eigenvalue weighted by Gasteiger charge is -2.21. The van der Waals surface area contributed by atoms with E-state index in [2.05, 4.69) is 20.6 Å². The SMILES string of the molecule is C[C@H](NC(=O)[C@H](CCC(=O)O)NC(=O)[C@@H](N)Cc1cnc[nH]1)C(=O)O. The standard InChI is InChI=1S/C14H21N5O6/c1-7(14(24)25)18-13(23)10(2-3-11(20)21)19-12(22)9(15)4-8-5-16-6-17-8/h5-7,9-10H,2-4,15H2,1H3,(H,16,17)(H,18,23)(H,19,22)(H,20,21)(H,24,25)/t7-,9-,10-/m0/s1. The lowest BCUT2D eigenvalue weighted by atomic mass is 10.1. The van der Waals surface area contributed by atoms with Gasteiger partial charge in [0.05, 0.1) is 12.4 Å². The number of carbonyl (C=O) groups excluding carboxylic acids is 2. The minimum Gasteiger partial charge on any atom is -0.481 e. The predicted octanol–water partition coefficient (Wildman–Crippen LogP) is -1.78. The number of aliphatic carboxylic acids is 2. The number of carbonyl (C=O) groups is 4. The van der Waals surface area contributed by atoms with Gasteiger partial charge in [-0.1, -0.05) is 0 Å². The molecule has 7 N–H and O–H groups in total. The highest BCUT2D eigenvalue weighted by molar-refractivity contribution is 5.92. The van der Waals surface area contributed by atoms with E-state index in [1.165, 1.54) is 19.4 Å². The second-order valence-electron chi connectivity index (χ2n) is 5.45. The van der Waals surface area contributed by atoms with Gasteiger partial charge < -0.3 is 31.6 Å². The highest BCUT2D eigenvalue weighted by Gasteiger charge is 2.26. The third-order valence-corrected chi connectivity index (χ3v) is 3.34. The van der Waals surface area contributed by atoms with E-state index in [0.29, 0.717) is 5.69 Å². The summed E-state index contributed by atoms with van der Waals surface area (Å²) >= 11 is 0. The van der Waals surface area contributed by atoms with Gasteiger partial charge >= 0.3 is 11.9 Å². The number of rotatable bonds is 10. The molecule has 138 valence electrons. The smallest absolute Gasteiger partial charge is 0.325 e. The van der Waals surface area contributed by atoms with Gasteiger partial charge in [-0.3, -0.25) is 19.2 Å². The molecular weight excluding hydrogens is 334 g/mol. The molecule has 0 radical (unpaired) electrons. The number of carboxylic acid groups (broad SMARTS) is 2. The Kier molecular flexibility index (Phi) is 7.53. The second-order valence-corrected chi connectivity index (χ2v) is 5.45. The van der Waals surface area contributed by atoms with Crippen LogP contribution in [0, 0.1) is 0 Å². The Morgan fingerprint density at radius 1 is 1.24 bits per heavy atom. The minimum absolute atomic E-state index is 0.143. The molecule has 0 bridgehead atoms. The fourth-order valence-electron chi connectivity index (χ4n) is 1.92. The van der Waals surface area contributed by atoms with Gasteiger partial charge in [-0.05, 0) is 13.3 Å². The Morgan fingerprint density at radius 3 is 2.44 bits per heavy atom. The first-order valence-electron chi connectivity index (χ1n) is 7.49. The molecule has 1 aromatic rings. The van der Waals surface area contributed by atoms with Gasteiger partial charge in [-0.2, -0.15) is 0 Å². The quantitative estimate of drug-likeness (QED) is 0.284. The van der Waals surface area contributed by atoms with Crippen LogP contribution in [0.2, 0.25) is 0 Å². The molecule has 1 aromatic heterocycles. The van der Waals surface area contributed by atoms with Gasteiger partial charge in [0.25, 0.3) is 0 Å². The molecule has 0 aliphatic carbocycles. The maximum absolute atomic E-state index is 12.1. The van der Waals surface area contributed by atoms with E-state index in [9.17, 15) is 19.2 Å². The van der Waals surface area contributed by atoms with E-state index in [1.54, 1.807) is 0 Å². The van der Waals surface area contributed by atoms with E-state index < -0.39 is 41.9 Å². The van der Waals surface area contributed by atoms with Crippen molar-refractivity contribution < 1.29 is 29.4 Å². The van der Waals surface area contributed by atoms with Crippen molar-refractivity contribution in [2.45, 2.75) is 44.3 Å². The van der Waals surface area contributed by atoms with Crippen LogP contribution >= 0.6 is 0 Å². The molecular formula is C14H21N5O6. The summed E-state index contributed by atoms with van der Waals surface area (Å²) in [5.41, 5.74) is 6.38. The van der Waals surface area contributed by atoms with Crippen molar-refractivity contribution in [3.05, 3.63) is 18.2 Å². The number of aromatic amines is 1. The molecule has 0 spiro atoms. The van der Waals surface area contributed by atoms with Crippen LogP contribution in [0.4, 0.5) is 0 Å². The summed E-state index contributed by atoms with van der Waals surface area (Å²) in [5, 5.41) is 22.1. The van der Waals surface area contributed by atoms with Crippen molar-refractivity contribution >= 4 is 23.8 Å². The first-order valence-corrected chi connectivity index (χ1v) is 7.49. The summed E-state index contributed by atoms with van der Waals surface area (Å²) in [5.74, 6) is -3.87. The van der Waals surface area contributed by atoms with Crippen LogP contribution in [0.1, 0.15) is 25.5 Å². The maximum atomic E-state index is 12.1. The molecule has 11 heteroatoms. The average molecular weight is 355 g/mol. The minimum atomic E-state index is -1.26. The summed E-state index contributed by atoms with van der Waals surface area (Å²) in [7, 11) is 0. The van der Waals surface area contributed by atoms with Crippen molar-refractivity contribution in [2.24, 2.45) is 5.73 Å². The number of hydrogen-bond donors (Lipinski definition) is 6. The Labute approximate surface area is 143 Å². The molecule has 0 fully saturated rings. The number of imidazole rings is 1. The highest BCUT2D eigenvalue weighted by atomic mass is 16.4. The molecule has 0 aliphatic rings. The fraction of sp³-hybridized carbons (Fsp3) is 0.500. The maximum Gasteiger partial charge on any atom is 0.325 e. The Hall–Kier alpha value is -2.95. The molecule has 0 saturated carbocycles. The monoisotopic (exact) mass is 355 g/mol. The topological polar surface area (TPSA) is 187 Å². The van der Waals surface area contributed by atoms with Crippen LogP contribution in [-0.2, 0) is 25.6 Å². The van der Waals surface area contributed by atoms with E-state index >= 15 is 0 Å². The normalized spacial score (nSPS) is 14.2. The molecule has 0 aromatic carbocycles. The fourth-order valence-corrected chi connectivity index (χ4v) is 1.92. The van der Waals surface area contributed by atoms with Crippen molar-refractivity contribution in [1.29, 1.82) is 0 Å². The van der Waals surface area contributed by atoms with Crippen molar-refractivity contribution in [3.8, 4) is 0 Å². The zero-order valence-corrected chi connectivity index (χ0v) is 13.6. The summed E-state index contributed by atoms with van der Waals surface area (Å²) in [4.78, 5) is 52.3. The molecule has 11 nitrogen and oxygen atoms in total. The zero-order chi connectivity index (χ0) is 19.0. The number of amides is 2. The number of nitrogens with one attached hydrogen (secondary N) is 3. The van der Waals surface area contributed by atoms with Crippen LogP contribution in [0.25, 0.3) is 0 Å². The van der Waals surface area contributed by atoms with E-state index in [0.717, 1.165) is 0 Å². The summed E-state index contributed by atoms with van der Waals surface area (Å²) < 4.78 is 0. The van der Waals surface area contributed by atoms with Crippen LogP contribution in [0.3, 0.4) is 0 Å². The molecule has 3 atom stereocenters. The number of aromatic nitrogens is 2. The first-order chi connectivity index (χ1) is 11.7. The second kappa shape index (κ2) is 9.37. The van der Waals surface area contributed by atoms with Crippen LogP contribution in [-0.4, -0.2) is 62.1 Å². The summed E-state index contributed by atoms with van der Waals surface area (Å²) in [6.45, 7) is 1.25. The molecule has 0 aliphatic heterocycles. The number of carboxylic acids is 2. The summed E-state index contributed by atoms with van der Waals surface area (Å²) in [6.07, 6.45) is 2.49. The van der Waals surface area contributed by atoms with Crippen molar-refractivity contribution in [2.75, 3.05) is 0 Å². The van der Waals surface area contributed by atoms with E-state index in [1.807, 2.05) is 0 Å². The van der Waals surface area contributed by atoms with Crippen LogP contribution in [0.15, 0.2) is 12.5 Å². The molecule has 25 heavy (non-hydrogen) atoms. The van der Waals surface area contributed by atoms with Gasteiger partial charge in [-0.25, -0.2) is 4.98 Å². The first kappa shape index (κ1) is 20.1. The van der Waals surface area contributed by atoms with Crippen molar-refractivity contribution in [3.63, 3.8) is 0 Å². The molecule has 0 saturated heterocycles. The Morgan fingerprint density at radius 2 is 1.92 bits per heavy atom. The molecule has 0 unspecified atom stereocenters. The third-order valence-electron chi connectivity index (χ3n) is 3.34. The zero-order valence-electron chi connectivity index (χ0n) is 13.6. The largest absolute Gasteiger partial charge is 0.481 e.